The Bertz CT molecular complexity index is 953. The van der Waals surface area contributed by atoms with Gasteiger partial charge in [0.15, 0.2) is 11.5 Å². The number of hydrogen-bond acceptors (Lipinski definition) is 5. The van der Waals surface area contributed by atoms with Gasteiger partial charge >= 0.3 is 0 Å². The van der Waals surface area contributed by atoms with Crippen LogP contribution < -0.4 is 14.8 Å². The Labute approximate surface area is 164 Å². The number of nitrogens with zero attached hydrogens (tertiary/aromatic N) is 2. The molecule has 1 N–H and O–H groups in total. The number of aromatic nitrogens is 1. The normalized spacial score (nSPS) is 12.7. The summed E-state index contributed by atoms with van der Waals surface area (Å²) in [7, 11) is 1.66. The Morgan fingerprint density at radius 2 is 2.11 bits per heavy atom. The number of aryl methyl sites for hydroxylation is 1. The average Bonchev–Trinajstić information content (AvgIpc) is 3.26. The summed E-state index contributed by atoms with van der Waals surface area (Å²) in [5.41, 5.74) is 3.83. The fraction of sp³-hybridized carbons (Fsp3) is 0.333. The molecule has 0 saturated heterocycles. The number of nitrogens with one attached hydrogen (secondary N) is 1. The number of ether oxygens (including phenoxy) is 3. The largest absolute Gasteiger partial charge is 0.454 e. The standard InChI is InChI=1S/C21H23N3O4/c1-14-8-17(15(2)24(14)6-7-26-3)10-18(11-22)21(25)23-12-16-4-5-19-20(9-16)28-13-27-19/h4-5,8-10H,6-7,12-13H2,1-3H3,(H,23,25)/b18-10+. The number of nitriles is 1. The van der Waals surface area contributed by atoms with Crippen LogP contribution >= 0.6 is 0 Å². The molecule has 0 spiro atoms. The highest BCUT2D eigenvalue weighted by atomic mass is 16.7. The van der Waals surface area contributed by atoms with Crippen LogP contribution in [-0.2, 0) is 22.6 Å². The summed E-state index contributed by atoms with van der Waals surface area (Å²) in [4.78, 5) is 12.5. The molecule has 0 bridgehead atoms. The second-order valence-corrected chi connectivity index (χ2v) is 6.51. The zero-order chi connectivity index (χ0) is 20.1. The van der Waals surface area contributed by atoms with Crippen molar-refractivity contribution in [3.8, 4) is 17.6 Å². The fourth-order valence-electron chi connectivity index (χ4n) is 3.13. The van der Waals surface area contributed by atoms with Gasteiger partial charge in [-0.3, -0.25) is 4.79 Å². The molecule has 2 heterocycles. The first-order valence-corrected chi connectivity index (χ1v) is 8.97. The highest BCUT2D eigenvalue weighted by Crippen LogP contribution is 2.32. The molecule has 0 aliphatic carbocycles. The van der Waals surface area contributed by atoms with Crippen LogP contribution in [0.4, 0.5) is 0 Å². The van der Waals surface area contributed by atoms with Crippen molar-refractivity contribution in [3.63, 3.8) is 0 Å². The lowest BCUT2D eigenvalue weighted by Gasteiger charge is -2.08. The van der Waals surface area contributed by atoms with Gasteiger partial charge < -0.3 is 24.1 Å². The van der Waals surface area contributed by atoms with Crippen molar-refractivity contribution in [2.24, 2.45) is 0 Å². The molecule has 0 unspecified atom stereocenters. The highest BCUT2D eigenvalue weighted by molar-refractivity contribution is 6.01. The second-order valence-electron chi connectivity index (χ2n) is 6.51. The quantitative estimate of drug-likeness (QED) is 0.589. The van der Waals surface area contributed by atoms with E-state index >= 15 is 0 Å². The molecule has 0 atom stereocenters. The van der Waals surface area contributed by atoms with Crippen molar-refractivity contribution in [2.75, 3.05) is 20.5 Å². The summed E-state index contributed by atoms with van der Waals surface area (Å²) in [6, 6.07) is 9.44. The molecule has 1 aliphatic heterocycles. The molecular formula is C21H23N3O4. The first-order chi connectivity index (χ1) is 13.5. The number of hydrogen-bond donors (Lipinski definition) is 1. The summed E-state index contributed by atoms with van der Waals surface area (Å²) in [6.07, 6.45) is 1.63. The lowest BCUT2D eigenvalue weighted by atomic mass is 10.1. The van der Waals surface area contributed by atoms with E-state index in [-0.39, 0.29) is 12.4 Å². The zero-order valence-corrected chi connectivity index (χ0v) is 16.2. The van der Waals surface area contributed by atoms with Crippen LogP contribution in [0, 0.1) is 25.2 Å². The van der Waals surface area contributed by atoms with Crippen molar-refractivity contribution in [1.82, 2.24) is 9.88 Å². The molecule has 1 aliphatic rings. The molecule has 146 valence electrons. The second kappa shape index (κ2) is 8.63. The third-order valence-electron chi connectivity index (χ3n) is 4.69. The molecule has 1 aromatic heterocycles. The van der Waals surface area contributed by atoms with Gasteiger partial charge in [-0.1, -0.05) is 6.07 Å². The van der Waals surface area contributed by atoms with E-state index in [1.807, 2.05) is 38.1 Å². The van der Waals surface area contributed by atoms with Crippen molar-refractivity contribution in [1.29, 1.82) is 5.26 Å². The van der Waals surface area contributed by atoms with Gasteiger partial charge in [0.05, 0.1) is 6.61 Å². The Balaban J connectivity index is 1.70. The predicted molar refractivity (Wildman–Crippen MR) is 104 cm³/mol. The number of rotatable bonds is 7. The maximum Gasteiger partial charge on any atom is 0.262 e. The number of fused-ring (bicyclic) bond motifs is 1. The number of benzene rings is 1. The Morgan fingerprint density at radius 1 is 1.32 bits per heavy atom. The van der Waals surface area contributed by atoms with Gasteiger partial charge in [0.1, 0.15) is 11.6 Å². The number of amides is 1. The smallest absolute Gasteiger partial charge is 0.262 e. The first kappa shape index (κ1) is 19.5. The molecule has 0 fully saturated rings. The minimum atomic E-state index is -0.415. The van der Waals surface area contributed by atoms with Crippen LogP contribution in [0.25, 0.3) is 6.08 Å². The number of carbonyl (C=O) groups excluding carboxylic acids is 1. The van der Waals surface area contributed by atoms with Gasteiger partial charge in [-0.05, 0) is 49.2 Å². The van der Waals surface area contributed by atoms with Crippen molar-refractivity contribution in [2.45, 2.75) is 26.9 Å². The Hall–Kier alpha value is -3.24. The zero-order valence-electron chi connectivity index (χ0n) is 16.2. The summed E-state index contributed by atoms with van der Waals surface area (Å²) < 4.78 is 17.9. The summed E-state index contributed by atoms with van der Waals surface area (Å²) in [5, 5.41) is 12.2. The molecule has 0 saturated carbocycles. The predicted octanol–water partition coefficient (Wildman–Crippen LogP) is 2.70. The van der Waals surface area contributed by atoms with Gasteiger partial charge in [-0.15, -0.1) is 0 Å². The minimum Gasteiger partial charge on any atom is -0.454 e. The summed E-state index contributed by atoms with van der Waals surface area (Å²) in [5.74, 6) is 0.935. The molecule has 0 radical (unpaired) electrons. The highest BCUT2D eigenvalue weighted by Gasteiger charge is 2.15. The van der Waals surface area contributed by atoms with Crippen molar-refractivity contribution in [3.05, 3.63) is 52.4 Å². The molecule has 2 aromatic rings. The van der Waals surface area contributed by atoms with E-state index in [1.165, 1.54) is 0 Å². The number of methoxy groups -OCH3 is 1. The fourth-order valence-corrected chi connectivity index (χ4v) is 3.13. The summed E-state index contributed by atoms with van der Waals surface area (Å²) in [6.45, 7) is 5.78. The van der Waals surface area contributed by atoms with Crippen molar-refractivity contribution >= 4 is 12.0 Å². The van der Waals surface area contributed by atoms with Crippen molar-refractivity contribution < 1.29 is 19.0 Å². The number of carbonyl (C=O) groups is 1. The third kappa shape index (κ3) is 4.18. The SMILES string of the molecule is COCCn1c(C)cc(/C=C(\C#N)C(=O)NCc2ccc3c(c2)OCO3)c1C. The first-order valence-electron chi connectivity index (χ1n) is 8.97. The Kier molecular flexibility index (Phi) is 6.02. The van der Waals surface area contributed by atoms with E-state index in [0.29, 0.717) is 24.7 Å². The minimum absolute atomic E-state index is 0.0627. The molecule has 7 nitrogen and oxygen atoms in total. The Morgan fingerprint density at radius 3 is 2.86 bits per heavy atom. The molecule has 7 heteroatoms. The maximum atomic E-state index is 12.5. The van der Waals surface area contributed by atoms with E-state index in [4.69, 9.17) is 14.2 Å². The lowest BCUT2D eigenvalue weighted by Crippen LogP contribution is -2.23. The average molecular weight is 381 g/mol. The van der Waals surface area contributed by atoms with Gasteiger partial charge in [-0.2, -0.15) is 5.26 Å². The van der Waals surface area contributed by atoms with E-state index in [2.05, 4.69) is 9.88 Å². The third-order valence-corrected chi connectivity index (χ3v) is 4.69. The van der Waals surface area contributed by atoms with E-state index < -0.39 is 5.91 Å². The molecule has 1 amide bonds. The van der Waals surface area contributed by atoms with Crippen LogP contribution in [0.5, 0.6) is 11.5 Å². The van der Waals surface area contributed by atoms with Gasteiger partial charge in [0.2, 0.25) is 6.79 Å². The van der Waals surface area contributed by atoms with Gasteiger partial charge in [0.25, 0.3) is 5.91 Å². The van der Waals surface area contributed by atoms with E-state index in [1.54, 1.807) is 19.3 Å². The van der Waals surface area contributed by atoms with Crippen LogP contribution in [0.2, 0.25) is 0 Å². The van der Waals surface area contributed by atoms with Gasteiger partial charge in [0, 0.05) is 31.6 Å². The summed E-state index contributed by atoms with van der Waals surface area (Å²) >= 11 is 0. The molecule has 1 aromatic carbocycles. The van der Waals surface area contributed by atoms with Crippen LogP contribution in [0.15, 0.2) is 29.8 Å². The van der Waals surface area contributed by atoms with Crippen LogP contribution in [-0.4, -0.2) is 31.0 Å². The van der Waals surface area contributed by atoms with Crippen LogP contribution in [0.1, 0.15) is 22.5 Å². The molecule has 28 heavy (non-hydrogen) atoms. The van der Waals surface area contributed by atoms with Gasteiger partial charge in [-0.25, -0.2) is 0 Å². The molecular weight excluding hydrogens is 358 g/mol. The van der Waals surface area contributed by atoms with Crippen LogP contribution in [0.3, 0.4) is 0 Å². The van der Waals surface area contributed by atoms with E-state index in [0.717, 1.165) is 29.1 Å². The lowest BCUT2D eigenvalue weighted by molar-refractivity contribution is -0.117. The molecule has 3 rings (SSSR count). The van der Waals surface area contributed by atoms with E-state index in [9.17, 15) is 10.1 Å². The monoisotopic (exact) mass is 381 g/mol. The maximum absolute atomic E-state index is 12.5. The topological polar surface area (TPSA) is 85.5 Å².